The topological polar surface area (TPSA) is 59.7 Å². The molecule has 0 bridgehead atoms. The number of aromatic nitrogens is 2. The summed E-state index contributed by atoms with van der Waals surface area (Å²) in [6.07, 6.45) is 4.49. The Labute approximate surface area is 205 Å². The minimum Gasteiger partial charge on any atom is -0.396 e. The summed E-state index contributed by atoms with van der Waals surface area (Å²) in [5.41, 5.74) is 2.20. The Kier molecular flexibility index (Phi) is 8.14. The van der Waals surface area contributed by atoms with Gasteiger partial charge in [-0.3, -0.25) is 19.2 Å². The molecule has 1 aromatic carbocycles. The normalized spacial score (nSPS) is 15.4. The zero-order chi connectivity index (χ0) is 25.7. The zero-order valence-electron chi connectivity index (χ0n) is 19.7. The number of piperidine rings is 1. The summed E-state index contributed by atoms with van der Waals surface area (Å²) in [5, 5.41) is 4.05. The lowest BCUT2D eigenvalue weighted by Gasteiger charge is -2.32. The second-order valence-electron chi connectivity index (χ2n) is 8.57. The summed E-state index contributed by atoms with van der Waals surface area (Å²) in [5.74, 6) is -1.78. The third-order valence-electron chi connectivity index (χ3n) is 6.19. The third kappa shape index (κ3) is 5.99. The van der Waals surface area contributed by atoms with Crippen molar-refractivity contribution in [3.05, 3.63) is 99.2 Å². The van der Waals surface area contributed by atoms with Crippen LogP contribution in [0.25, 0.3) is 0 Å². The van der Waals surface area contributed by atoms with E-state index in [4.69, 9.17) is 4.84 Å². The van der Waals surface area contributed by atoms with Crippen molar-refractivity contribution in [1.29, 1.82) is 0 Å². The molecule has 190 valence electrons. The second kappa shape index (κ2) is 11.5. The van der Waals surface area contributed by atoms with Crippen LogP contribution in [0, 0.1) is 11.6 Å². The lowest BCUT2D eigenvalue weighted by Crippen LogP contribution is -2.33. The first-order valence-electron chi connectivity index (χ1n) is 11.7. The summed E-state index contributed by atoms with van der Waals surface area (Å²) >= 11 is 0. The number of oxime groups is 1. The molecule has 1 saturated heterocycles. The smallest absolute Gasteiger partial charge is 0.321 e. The minimum absolute atomic E-state index is 0.148. The van der Waals surface area contributed by atoms with Gasteiger partial charge in [-0.05, 0) is 80.2 Å². The van der Waals surface area contributed by atoms with Crippen molar-refractivity contribution in [2.24, 2.45) is 5.16 Å². The fourth-order valence-electron chi connectivity index (χ4n) is 4.28. The van der Waals surface area contributed by atoms with Gasteiger partial charge in [-0.15, -0.1) is 0 Å². The van der Waals surface area contributed by atoms with E-state index in [9.17, 15) is 22.4 Å². The molecule has 0 N–H and O–H groups in total. The Morgan fingerprint density at radius 2 is 1.89 bits per heavy atom. The molecule has 1 fully saturated rings. The molecule has 1 aliphatic heterocycles. The maximum absolute atomic E-state index is 13.8. The number of alkyl halides is 2. The number of nitrogens with zero attached hydrogens (tertiary/aromatic N) is 4. The van der Waals surface area contributed by atoms with Gasteiger partial charge in [0.05, 0.1) is 5.69 Å². The van der Waals surface area contributed by atoms with Crippen molar-refractivity contribution < 1.29 is 22.4 Å². The van der Waals surface area contributed by atoms with Crippen LogP contribution in [-0.4, -0.2) is 39.9 Å². The van der Waals surface area contributed by atoms with Crippen LogP contribution in [0.5, 0.6) is 0 Å². The largest absolute Gasteiger partial charge is 0.396 e. The standard InChI is InChI=1S/C26H26F4N4O2/c1-2-36-32-25(20-4-5-21(27)22(28)13-20)23-6-3-17(15-31-23)16-33-10-7-18(8-11-33)19-9-12-34(26(29)30)24(35)14-19/h3-6,9,12-15,18,26H,2,7-8,10-11,16H2,1H3. The molecule has 0 aliphatic carbocycles. The van der Waals surface area contributed by atoms with Gasteiger partial charge >= 0.3 is 6.55 Å². The van der Waals surface area contributed by atoms with Crippen molar-refractivity contribution in [2.75, 3.05) is 19.7 Å². The molecule has 4 rings (SSSR count). The van der Waals surface area contributed by atoms with Crippen LogP contribution in [0.1, 0.15) is 54.6 Å². The highest BCUT2D eigenvalue weighted by Gasteiger charge is 2.22. The molecule has 0 saturated carbocycles. The van der Waals surface area contributed by atoms with Crippen LogP contribution in [0.15, 0.2) is 64.8 Å². The molecule has 0 unspecified atom stereocenters. The fraction of sp³-hybridized carbons (Fsp3) is 0.346. The van der Waals surface area contributed by atoms with Crippen molar-refractivity contribution in [1.82, 2.24) is 14.5 Å². The molecule has 0 radical (unpaired) electrons. The molecule has 0 amide bonds. The summed E-state index contributed by atoms with van der Waals surface area (Å²) in [6, 6.07) is 10.1. The number of rotatable bonds is 8. The number of pyridine rings is 2. The van der Waals surface area contributed by atoms with Gasteiger partial charge in [-0.25, -0.2) is 8.78 Å². The minimum atomic E-state index is -2.84. The molecular weight excluding hydrogens is 476 g/mol. The van der Waals surface area contributed by atoms with Crippen molar-refractivity contribution in [2.45, 2.75) is 38.8 Å². The number of hydrogen-bond acceptors (Lipinski definition) is 5. The molecule has 6 nitrogen and oxygen atoms in total. The van der Waals surface area contributed by atoms with E-state index in [1.165, 1.54) is 12.1 Å². The highest BCUT2D eigenvalue weighted by atomic mass is 19.3. The van der Waals surface area contributed by atoms with E-state index < -0.39 is 23.7 Å². The first-order valence-corrected chi connectivity index (χ1v) is 11.7. The first-order chi connectivity index (χ1) is 17.4. The Morgan fingerprint density at radius 3 is 2.50 bits per heavy atom. The van der Waals surface area contributed by atoms with Gasteiger partial charge in [0.1, 0.15) is 12.3 Å². The number of likely N-dealkylation sites (tertiary alicyclic amines) is 1. The summed E-state index contributed by atoms with van der Waals surface area (Å²) in [6.45, 7) is 1.48. The number of hydrogen-bond donors (Lipinski definition) is 0. The lowest BCUT2D eigenvalue weighted by molar-refractivity contribution is 0.0662. The molecule has 3 heterocycles. The summed E-state index contributed by atoms with van der Waals surface area (Å²) in [4.78, 5) is 23.8. The van der Waals surface area contributed by atoms with Crippen LogP contribution in [0.2, 0.25) is 0 Å². The van der Waals surface area contributed by atoms with E-state index in [-0.39, 0.29) is 5.92 Å². The molecule has 0 spiro atoms. The van der Waals surface area contributed by atoms with E-state index >= 15 is 0 Å². The van der Waals surface area contributed by atoms with E-state index in [1.54, 1.807) is 25.3 Å². The Hall–Kier alpha value is -3.53. The Balaban J connectivity index is 1.40. The Bertz CT molecular complexity index is 1270. The highest BCUT2D eigenvalue weighted by molar-refractivity contribution is 6.11. The van der Waals surface area contributed by atoms with Gasteiger partial charge in [0.25, 0.3) is 5.56 Å². The van der Waals surface area contributed by atoms with Gasteiger partial charge in [-0.2, -0.15) is 8.78 Å². The molecule has 10 heteroatoms. The highest BCUT2D eigenvalue weighted by Crippen LogP contribution is 2.28. The first kappa shape index (κ1) is 25.6. The Morgan fingerprint density at radius 1 is 1.11 bits per heavy atom. The summed E-state index contributed by atoms with van der Waals surface area (Å²) in [7, 11) is 0. The van der Waals surface area contributed by atoms with Gasteiger partial charge in [0.2, 0.25) is 0 Å². The molecule has 1 aliphatic rings. The SMILES string of the molecule is CCON=C(c1ccc(F)c(F)c1)c1ccc(CN2CCC(c3ccn(C(F)F)c(=O)c3)CC2)cn1. The third-order valence-corrected chi connectivity index (χ3v) is 6.19. The van der Waals surface area contributed by atoms with E-state index in [1.807, 2.05) is 6.07 Å². The molecule has 0 atom stereocenters. The maximum Gasteiger partial charge on any atom is 0.321 e. The quantitative estimate of drug-likeness (QED) is 0.245. The molecule has 2 aromatic heterocycles. The van der Waals surface area contributed by atoms with Crippen LogP contribution in [0.4, 0.5) is 17.6 Å². The fourth-order valence-corrected chi connectivity index (χ4v) is 4.28. The van der Waals surface area contributed by atoms with Gasteiger partial charge in [-0.1, -0.05) is 11.2 Å². The molecular formula is C26H26F4N4O2. The number of halogens is 4. The van der Waals surface area contributed by atoms with Gasteiger partial charge in [0.15, 0.2) is 11.6 Å². The molecule has 36 heavy (non-hydrogen) atoms. The van der Waals surface area contributed by atoms with E-state index in [0.717, 1.165) is 55.4 Å². The predicted molar refractivity (Wildman–Crippen MR) is 127 cm³/mol. The van der Waals surface area contributed by atoms with E-state index in [2.05, 4.69) is 15.0 Å². The van der Waals surface area contributed by atoms with Crippen LogP contribution < -0.4 is 5.56 Å². The van der Waals surface area contributed by atoms with Crippen molar-refractivity contribution in [3.63, 3.8) is 0 Å². The van der Waals surface area contributed by atoms with Crippen LogP contribution in [-0.2, 0) is 11.4 Å². The van der Waals surface area contributed by atoms with Gasteiger partial charge < -0.3 is 4.84 Å². The maximum atomic E-state index is 13.8. The lowest BCUT2D eigenvalue weighted by atomic mass is 9.90. The second-order valence-corrected chi connectivity index (χ2v) is 8.57. The van der Waals surface area contributed by atoms with Gasteiger partial charge in [0, 0.05) is 30.6 Å². The summed E-state index contributed by atoms with van der Waals surface area (Å²) < 4.78 is 53.2. The van der Waals surface area contributed by atoms with Crippen molar-refractivity contribution in [3.8, 4) is 0 Å². The average Bonchev–Trinajstić information content (AvgIpc) is 2.87. The van der Waals surface area contributed by atoms with Crippen LogP contribution in [0.3, 0.4) is 0 Å². The van der Waals surface area contributed by atoms with E-state index in [0.29, 0.717) is 34.7 Å². The molecule has 3 aromatic rings. The average molecular weight is 503 g/mol. The van der Waals surface area contributed by atoms with Crippen molar-refractivity contribution >= 4 is 5.71 Å². The monoisotopic (exact) mass is 502 g/mol. The van der Waals surface area contributed by atoms with Crippen LogP contribution >= 0.6 is 0 Å². The number of benzene rings is 1. The predicted octanol–water partition coefficient (Wildman–Crippen LogP) is 5.09. The zero-order valence-corrected chi connectivity index (χ0v) is 19.7.